The summed E-state index contributed by atoms with van der Waals surface area (Å²) >= 11 is 0. The lowest BCUT2D eigenvalue weighted by Crippen LogP contribution is -2.54. The van der Waals surface area contributed by atoms with Gasteiger partial charge in [-0.05, 0) is 39.0 Å². The summed E-state index contributed by atoms with van der Waals surface area (Å²) in [5.41, 5.74) is 1.56. The maximum atomic E-state index is 4.36. The van der Waals surface area contributed by atoms with E-state index >= 15 is 0 Å². The summed E-state index contributed by atoms with van der Waals surface area (Å²) < 4.78 is 2.02. The predicted molar refractivity (Wildman–Crippen MR) is 79.1 cm³/mol. The molecule has 1 atom stereocenters. The van der Waals surface area contributed by atoms with E-state index in [1.54, 1.807) is 0 Å². The highest BCUT2D eigenvalue weighted by Gasteiger charge is 2.45. The van der Waals surface area contributed by atoms with Crippen LogP contribution in [0.25, 0.3) is 0 Å². The first-order chi connectivity index (χ1) is 9.19. The Morgan fingerprint density at radius 2 is 2.00 bits per heavy atom. The number of rotatable bonds is 6. The van der Waals surface area contributed by atoms with Gasteiger partial charge in [0, 0.05) is 18.8 Å². The van der Waals surface area contributed by atoms with Crippen molar-refractivity contribution >= 4 is 0 Å². The third-order valence-corrected chi connectivity index (χ3v) is 4.84. The molecule has 1 unspecified atom stereocenters. The molecule has 0 bridgehead atoms. The fourth-order valence-electron chi connectivity index (χ4n) is 3.99. The molecule has 0 amide bonds. The number of nitrogens with one attached hydrogen (secondary N) is 1. The quantitative estimate of drug-likeness (QED) is 0.856. The van der Waals surface area contributed by atoms with E-state index in [1.165, 1.54) is 31.4 Å². The molecule has 1 N–H and O–H groups in total. The highest BCUT2D eigenvalue weighted by Crippen LogP contribution is 2.44. The summed E-state index contributed by atoms with van der Waals surface area (Å²) in [4.78, 5) is 2.65. The molecule has 1 fully saturated rings. The van der Waals surface area contributed by atoms with Crippen LogP contribution in [0, 0.1) is 0 Å². The van der Waals surface area contributed by atoms with Crippen LogP contribution in [0.5, 0.6) is 0 Å². The van der Waals surface area contributed by atoms with Crippen LogP contribution in [0.3, 0.4) is 0 Å². The molecule has 2 rings (SSSR count). The van der Waals surface area contributed by atoms with Crippen molar-refractivity contribution in [3.63, 3.8) is 0 Å². The van der Waals surface area contributed by atoms with Gasteiger partial charge < -0.3 is 5.32 Å². The van der Waals surface area contributed by atoms with Crippen LogP contribution in [0.1, 0.15) is 51.3 Å². The Morgan fingerprint density at radius 1 is 1.37 bits per heavy atom. The van der Waals surface area contributed by atoms with Crippen LogP contribution < -0.4 is 5.32 Å². The fourth-order valence-corrected chi connectivity index (χ4v) is 3.99. The Balaban J connectivity index is 2.39. The lowest BCUT2D eigenvalue weighted by molar-refractivity contribution is 0.0626. The molecule has 4 heteroatoms. The lowest BCUT2D eigenvalue weighted by Gasteiger charge is -2.46. The Morgan fingerprint density at radius 3 is 2.42 bits per heavy atom. The third-order valence-electron chi connectivity index (χ3n) is 4.84. The van der Waals surface area contributed by atoms with Gasteiger partial charge >= 0.3 is 0 Å². The fraction of sp³-hybridized carbons (Fsp3) is 0.800. The predicted octanol–water partition coefficient (Wildman–Crippen LogP) is 2.34. The van der Waals surface area contributed by atoms with E-state index < -0.39 is 0 Å². The molecule has 1 aliphatic carbocycles. The normalized spacial score (nSPS) is 20.1. The lowest BCUT2D eigenvalue weighted by atomic mass is 9.84. The smallest absolute Gasteiger partial charge is 0.0676 e. The number of hydrogen-bond donors (Lipinski definition) is 1. The summed E-state index contributed by atoms with van der Waals surface area (Å²) in [6.45, 7) is 6.79. The standard InChI is InChI=1S/C15H28N4/c1-5-19(6-2)15(10-7-8-11-15)14(16-3)13-9-12-17-18(13)4/h9,12,14,16H,5-8,10-11H2,1-4H3. The Bertz CT molecular complexity index is 389. The average Bonchev–Trinajstić information content (AvgIpc) is 3.04. The molecule has 4 nitrogen and oxygen atoms in total. The summed E-state index contributed by atoms with van der Waals surface area (Å²) in [5, 5.41) is 7.93. The number of aromatic nitrogens is 2. The van der Waals surface area contributed by atoms with Crippen molar-refractivity contribution in [2.45, 2.75) is 51.1 Å². The molecule has 0 aromatic carbocycles. The van der Waals surface area contributed by atoms with Gasteiger partial charge in [-0.25, -0.2) is 0 Å². The van der Waals surface area contributed by atoms with Gasteiger partial charge in [-0.3, -0.25) is 9.58 Å². The molecule has 19 heavy (non-hydrogen) atoms. The number of aryl methyl sites for hydroxylation is 1. The minimum absolute atomic E-state index is 0.256. The van der Waals surface area contributed by atoms with Crippen molar-refractivity contribution in [2.75, 3.05) is 20.1 Å². The summed E-state index contributed by atoms with van der Waals surface area (Å²) in [6, 6.07) is 2.52. The monoisotopic (exact) mass is 264 g/mol. The highest BCUT2D eigenvalue weighted by molar-refractivity contribution is 5.17. The SMILES string of the molecule is CCN(CC)C1(C(NC)c2ccnn2C)CCCC1. The van der Waals surface area contributed by atoms with Gasteiger partial charge in [-0.2, -0.15) is 5.10 Å². The van der Waals surface area contributed by atoms with Crippen LogP contribution in [-0.4, -0.2) is 40.4 Å². The Labute approximate surface area is 117 Å². The summed E-state index contributed by atoms with van der Waals surface area (Å²) in [7, 11) is 4.13. The van der Waals surface area contributed by atoms with E-state index in [-0.39, 0.29) is 5.54 Å². The zero-order valence-electron chi connectivity index (χ0n) is 12.8. The van der Waals surface area contributed by atoms with Crippen LogP contribution in [0.15, 0.2) is 12.3 Å². The molecule has 0 radical (unpaired) electrons. The number of hydrogen-bond acceptors (Lipinski definition) is 3. The average molecular weight is 264 g/mol. The van der Waals surface area contributed by atoms with E-state index in [0.29, 0.717) is 6.04 Å². The summed E-state index contributed by atoms with van der Waals surface area (Å²) in [6.07, 6.45) is 7.15. The van der Waals surface area contributed by atoms with Crippen molar-refractivity contribution < 1.29 is 0 Å². The van der Waals surface area contributed by atoms with E-state index in [1.807, 2.05) is 17.9 Å². The minimum atomic E-state index is 0.256. The van der Waals surface area contributed by atoms with Crippen LogP contribution in [0.4, 0.5) is 0 Å². The molecule has 1 saturated carbocycles. The van der Waals surface area contributed by atoms with E-state index in [0.717, 1.165) is 13.1 Å². The molecule has 0 spiro atoms. The Hall–Kier alpha value is -0.870. The number of nitrogens with zero attached hydrogens (tertiary/aromatic N) is 3. The van der Waals surface area contributed by atoms with Crippen molar-refractivity contribution in [1.29, 1.82) is 0 Å². The van der Waals surface area contributed by atoms with Crippen LogP contribution in [-0.2, 0) is 7.05 Å². The van der Waals surface area contributed by atoms with Crippen molar-refractivity contribution in [1.82, 2.24) is 20.0 Å². The number of likely N-dealkylation sites (N-methyl/N-ethyl adjacent to an activating group) is 2. The van der Waals surface area contributed by atoms with E-state index in [4.69, 9.17) is 0 Å². The van der Waals surface area contributed by atoms with Crippen molar-refractivity contribution in [2.24, 2.45) is 7.05 Å². The summed E-state index contributed by atoms with van der Waals surface area (Å²) in [5.74, 6) is 0. The van der Waals surface area contributed by atoms with E-state index in [2.05, 4.69) is 42.3 Å². The maximum Gasteiger partial charge on any atom is 0.0676 e. The molecular formula is C15H28N4. The molecule has 1 aromatic rings. The third kappa shape index (κ3) is 2.43. The second kappa shape index (κ2) is 6.06. The molecular weight excluding hydrogens is 236 g/mol. The van der Waals surface area contributed by atoms with Crippen LogP contribution >= 0.6 is 0 Å². The second-order valence-electron chi connectivity index (χ2n) is 5.58. The maximum absolute atomic E-state index is 4.36. The minimum Gasteiger partial charge on any atom is -0.310 e. The van der Waals surface area contributed by atoms with Gasteiger partial charge in [0.15, 0.2) is 0 Å². The van der Waals surface area contributed by atoms with Crippen molar-refractivity contribution in [3.8, 4) is 0 Å². The molecule has 1 heterocycles. The molecule has 1 aliphatic rings. The zero-order valence-corrected chi connectivity index (χ0v) is 12.8. The zero-order chi connectivity index (χ0) is 13.9. The first-order valence-electron chi connectivity index (χ1n) is 7.59. The van der Waals surface area contributed by atoms with Gasteiger partial charge in [0.2, 0.25) is 0 Å². The first-order valence-corrected chi connectivity index (χ1v) is 7.59. The molecule has 1 aromatic heterocycles. The second-order valence-corrected chi connectivity index (χ2v) is 5.58. The van der Waals surface area contributed by atoms with Gasteiger partial charge in [0.1, 0.15) is 0 Å². The van der Waals surface area contributed by atoms with Gasteiger partial charge in [0.25, 0.3) is 0 Å². The van der Waals surface area contributed by atoms with Gasteiger partial charge in [0.05, 0.1) is 11.7 Å². The molecule has 108 valence electrons. The van der Waals surface area contributed by atoms with Gasteiger partial charge in [-0.15, -0.1) is 0 Å². The topological polar surface area (TPSA) is 33.1 Å². The molecule has 0 saturated heterocycles. The van der Waals surface area contributed by atoms with Gasteiger partial charge in [-0.1, -0.05) is 26.7 Å². The largest absolute Gasteiger partial charge is 0.310 e. The highest BCUT2D eigenvalue weighted by atomic mass is 15.3. The first kappa shape index (κ1) is 14.5. The molecule has 0 aliphatic heterocycles. The Kier molecular flexibility index (Phi) is 4.63. The van der Waals surface area contributed by atoms with Crippen molar-refractivity contribution in [3.05, 3.63) is 18.0 Å². The van der Waals surface area contributed by atoms with E-state index in [9.17, 15) is 0 Å². The van der Waals surface area contributed by atoms with Crippen LogP contribution in [0.2, 0.25) is 0 Å².